The number of rotatable bonds is 2. The fourth-order valence-corrected chi connectivity index (χ4v) is 3.62. The highest BCUT2D eigenvalue weighted by atomic mass is 32.1. The molecule has 1 N–H and O–H groups in total. The molecule has 3 heterocycles. The number of hydrazone groups is 1. The van der Waals surface area contributed by atoms with Crippen LogP contribution < -0.4 is 15.1 Å². The van der Waals surface area contributed by atoms with Crippen molar-refractivity contribution in [1.29, 1.82) is 0 Å². The van der Waals surface area contributed by atoms with Crippen molar-refractivity contribution in [3.63, 3.8) is 0 Å². The minimum atomic E-state index is 0.612. The molecule has 0 unspecified atom stereocenters. The lowest BCUT2D eigenvalue weighted by Gasteiger charge is -2.37. The molecule has 1 fully saturated rings. The van der Waals surface area contributed by atoms with Crippen LogP contribution in [-0.4, -0.2) is 53.5 Å². The Morgan fingerprint density at radius 3 is 2.85 bits per heavy atom. The Bertz CT molecular complexity index is 861. The first-order valence-corrected chi connectivity index (χ1v) is 9.63. The Kier molecular flexibility index (Phi) is 5.20. The Labute approximate surface area is 164 Å². The van der Waals surface area contributed by atoms with Crippen LogP contribution >= 0.6 is 12.2 Å². The molecule has 0 amide bonds. The number of hydrogen-bond donors (Lipinski definition) is 1. The van der Waals surface area contributed by atoms with E-state index in [9.17, 15) is 0 Å². The molecule has 7 heteroatoms. The van der Waals surface area contributed by atoms with E-state index in [4.69, 9.17) is 17.0 Å². The Morgan fingerprint density at radius 2 is 2.04 bits per heavy atom. The third-order valence-corrected chi connectivity index (χ3v) is 5.21. The van der Waals surface area contributed by atoms with Crippen molar-refractivity contribution in [2.75, 3.05) is 37.7 Å². The quantitative estimate of drug-likeness (QED) is 0.637. The summed E-state index contributed by atoms with van der Waals surface area (Å²) in [7, 11) is 0. The van der Waals surface area contributed by atoms with Crippen LogP contribution in [0.3, 0.4) is 0 Å². The summed E-state index contributed by atoms with van der Waals surface area (Å²) in [5.74, 6) is 0.780. The number of aromatic nitrogens is 1. The zero-order chi connectivity index (χ0) is 18.6. The number of anilines is 1. The van der Waals surface area contributed by atoms with Gasteiger partial charge in [0.05, 0.1) is 12.3 Å². The predicted octanol–water partition coefficient (Wildman–Crippen LogP) is 2.57. The Balaban J connectivity index is 1.35. The third kappa shape index (κ3) is 4.03. The Hall–Kier alpha value is -2.67. The molecule has 2 aliphatic heterocycles. The molecule has 1 aromatic carbocycles. The number of pyridine rings is 1. The SMILES string of the molecule is Cc1cccc(N2CCN(C(=S)N/N=C3/CCOc4cccnc43)CC2)c1. The number of piperazine rings is 1. The molecule has 0 saturated carbocycles. The maximum Gasteiger partial charge on any atom is 0.189 e. The Morgan fingerprint density at radius 1 is 1.19 bits per heavy atom. The van der Waals surface area contributed by atoms with Crippen molar-refractivity contribution >= 4 is 28.7 Å². The second kappa shape index (κ2) is 7.92. The lowest BCUT2D eigenvalue weighted by Crippen LogP contribution is -2.51. The van der Waals surface area contributed by atoms with Crippen molar-refractivity contribution in [3.8, 4) is 5.75 Å². The van der Waals surface area contributed by atoms with Gasteiger partial charge in [0.2, 0.25) is 0 Å². The zero-order valence-electron chi connectivity index (χ0n) is 15.4. The molecule has 140 valence electrons. The molecule has 2 aromatic rings. The van der Waals surface area contributed by atoms with Crippen LogP contribution in [0.1, 0.15) is 17.7 Å². The number of ether oxygens (including phenoxy) is 1. The number of benzene rings is 1. The van der Waals surface area contributed by atoms with Gasteiger partial charge in [0, 0.05) is 44.5 Å². The van der Waals surface area contributed by atoms with Crippen LogP contribution in [-0.2, 0) is 0 Å². The first-order valence-electron chi connectivity index (χ1n) is 9.22. The van der Waals surface area contributed by atoms with Crippen LogP contribution in [0.2, 0.25) is 0 Å². The summed E-state index contributed by atoms with van der Waals surface area (Å²) in [6.45, 7) is 6.38. The van der Waals surface area contributed by atoms with Gasteiger partial charge in [-0.2, -0.15) is 5.10 Å². The minimum Gasteiger partial charge on any atom is -0.491 e. The first kappa shape index (κ1) is 17.7. The van der Waals surface area contributed by atoms with E-state index >= 15 is 0 Å². The largest absolute Gasteiger partial charge is 0.491 e. The second-order valence-electron chi connectivity index (χ2n) is 6.74. The minimum absolute atomic E-state index is 0.612. The normalized spacial score (nSPS) is 18.0. The standard InChI is InChI=1S/C20H23N5OS/c1-15-4-2-5-16(14-15)24-9-11-25(12-10-24)20(27)23-22-17-7-13-26-18-6-3-8-21-19(17)18/h2-6,8,14H,7,9-13H2,1H3,(H,23,27)/b22-17-. The van der Waals surface area contributed by atoms with Gasteiger partial charge in [-0.15, -0.1) is 0 Å². The summed E-state index contributed by atoms with van der Waals surface area (Å²) < 4.78 is 5.62. The fraction of sp³-hybridized carbons (Fsp3) is 0.350. The van der Waals surface area contributed by atoms with Gasteiger partial charge in [-0.1, -0.05) is 12.1 Å². The van der Waals surface area contributed by atoms with Crippen LogP contribution in [0.4, 0.5) is 5.69 Å². The van der Waals surface area contributed by atoms with Gasteiger partial charge in [-0.3, -0.25) is 10.4 Å². The third-order valence-electron chi connectivity index (χ3n) is 4.86. The van der Waals surface area contributed by atoms with Gasteiger partial charge in [0.1, 0.15) is 11.4 Å². The van der Waals surface area contributed by atoms with Gasteiger partial charge in [0.25, 0.3) is 0 Å². The predicted molar refractivity (Wildman–Crippen MR) is 112 cm³/mol. The topological polar surface area (TPSA) is 53.0 Å². The van der Waals surface area contributed by atoms with Crippen LogP contribution in [0.15, 0.2) is 47.7 Å². The monoisotopic (exact) mass is 381 g/mol. The van der Waals surface area contributed by atoms with Crippen molar-refractivity contribution in [2.24, 2.45) is 5.10 Å². The van der Waals surface area contributed by atoms with Crippen molar-refractivity contribution in [2.45, 2.75) is 13.3 Å². The molecule has 0 aliphatic carbocycles. The average molecular weight is 382 g/mol. The van der Waals surface area contributed by atoms with E-state index in [0.29, 0.717) is 11.7 Å². The van der Waals surface area contributed by atoms with Gasteiger partial charge in [-0.05, 0) is 49.0 Å². The summed E-state index contributed by atoms with van der Waals surface area (Å²) in [5.41, 5.74) is 7.30. The highest BCUT2D eigenvalue weighted by Gasteiger charge is 2.21. The maximum absolute atomic E-state index is 5.62. The molecule has 0 radical (unpaired) electrons. The van der Waals surface area contributed by atoms with E-state index < -0.39 is 0 Å². The molecule has 6 nitrogen and oxygen atoms in total. The summed E-state index contributed by atoms with van der Waals surface area (Å²) in [4.78, 5) is 8.95. The summed E-state index contributed by atoms with van der Waals surface area (Å²) in [6.07, 6.45) is 2.48. The second-order valence-corrected chi connectivity index (χ2v) is 7.12. The molecule has 0 bridgehead atoms. The maximum atomic E-state index is 5.62. The lowest BCUT2D eigenvalue weighted by molar-refractivity contribution is 0.318. The van der Waals surface area contributed by atoms with E-state index in [1.165, 1.54) is 11.3 Å². The van der Waals surface area contributed by atoms with E-state index in [2.05, 4.69) is 56.5 Å². The molecular formula is C20H23N5OS. The van der Waals surface area contributed by atoms with Gasteiger partial charge >= 0.3 is 0 Å². The summed E-state index contributed by atoms with van der Waals surface area (Å²) in [5, 5.41) is 5.18. The van der Waals surface area contributed by atoms with Crippen molar-refractivity contribution in [1.82, 2.24) is 15.3 Å². The molecule has 1 aromatic heterocycles. The number of thiocarbonyl (C=S) groups is 1. The van der Waals surface area contributed by atoms with Crippen LogP contribution in [0.5, 0.6) is 5.75 Å². The zero-order valence-corrected chi connectivity index (χ0v) is 16.2. The van der Waals surface area contributed by atoms with E-state index in [0.717, 1.165) is 49.8 Å². The molecule has 1 saturated heterocycles. The van der Waals surface area contributed by atoms with Crippen molar-refractivity contribution < 1.29 is 4.74 Å². The van der Waals surface area contributed by atoms with E-state index in [1.807, 2.05) is 12.1 Å². The highest BCUT2D eigenvalue weighted by molar-refractivity contribution is 7.80. The summed E-state index contributed by atoms with van der Waals surface area (Å²) in [6, 6.07) is 12.4. The summed E-state index contributed by atoms with van der Waals surface area (Å²) >= 11 is 5.55. The van der Waals surface area contributed by atoms with Gasteiger partial charge in [0.15, 0.2) is 5.11 Å². The van der Waals surface area contributed by atoms with E-state index in [1.54, 1.807) is 6.20 Å². The number of nitrogens with zero attached hydrogens (tertiary/aromatic N) is 4. The molecule has 4 rings (SSSR count). The number of hydrogen-bond acceptors (Lipinski definition) is 5. The first-order chi connectivity index (χ1) is 13.2. The van der Waals surface area contributed by atoms with Crippen LogP contribution in [0.25, 0.3) is 0 Å². The van der Waals surface area contributed by atoms with Gasteiger partial charge < -0.3 is 14.5 Å². The fourth-order valence-electron chi connectivity index (χ4n) is 3.39. The van der Waals surface area contributed by atoms with Crippen molar-refractivity contribution in [3.05, 3.63) is 53.9 Å². The number of nitrogens with one attached hydrogen (secondary N) is 1. The van der Waals surface area contributed by atoms with Crippen LogP contribution in [0, 0.1) is 6.92 Å². The molecule has 0 spiro atoms. The molecule has 0 atom stereocenters. The molecule has 2 aliphatic rings. The number of aryl methyl sites for hydroxylation is 1. The lowest BCUT2D eigenvalue weighted by atomic mass is 10.1. The van der Waals surface area contributed by atoms with E-state index in [-0.39, 0.29) is 0 Å². The highest BCUT2D eigenvalue weighted by Crippen LogP contribution is 2.22. The number of fused-ring (bicyclic) bond motifs is 1. The average Bonchev–Trinajstić information content (AvgIpc) is 2.72. The molecule has 27 heavy (non-hydrogen) atoms. The molecular weight excluding hydrogens is 358 g/mol. The van der Waals surface area contributed by atoms with Gasteiger partial charge in [-0.25, -0.2) is 0 Å². The smallest absolute Gasteiger partial charge is 0.189 e.